The first kappa shape index (κ1) is 18.2. The summed E-state index contributed by atoms with van der Waals surface area (Å²) in [5.41, 5.74) is 3.92. The molecule has 0 saturated heterocycles. The number of hydrogen-bond acceptors (Lipinski definition) is 2. The molecule has 22 heavy (non-hydrogen) atoms. The molecule has 2 nitrogen and oxygen atoms in total. The van der Waals surface area contributed by atoms with Gasteiger partial charge in [0.1, 0.15) is 6.67 Å². The van der Waals surface area contributed by atoms with Gasteiger partial charge in [-0.2, -0.15) is 0 Å². The maximum atomic E-state index is 12.1. The lowest BCUT2D eigenvalue weighted by molar-refractivity contribution is 0.513. The summed E-state index contributed by atoms with van der Waals surface area (Å²) in [5, 5.41) is 4.14. The second-order valence-electron chi connectivity index (χ2n) is 4.58. The maximum absolute atomic E-state index is 12.1. The van der Waals surface area contributed by atoms with Crippen molar-refractivity contribution in [3.05, 3.63) is 60.7 Å². The topological polar surface area (TPSA) is 24.9 Å². The van der Waals surface area contributed by atoms with E-state index in [9.17, 15) is 4.39 Å². The third-order valence-electron chi connectivity index (χ3n) is 3.20. The normalized spacial score (nSPS) is 9.68. The monoisotopic (exact) mass is 338 g/mol. The van der Waals surface area contributed by atoms with Gasteiger partial charge >= 0.3 is 0 Å². The number of rotatable bonds is 4. The second-order valence-corrected chi connectivity index (χ2v) is 4.58. The van der Waals surface area contributed by atoms with E-state index in [0.717, 1.165) is 27.8 Å². The van der Waals surface area contributed by atoms with Crippen LogP contribution in [-0.2, 0) is 0 Å². The van der Waals surface area contributed by atoms with E-state index in [1.54, 1.807) is 0 Å². The summed E-state index contributed by atoms with van der Waals surface area (Å²) in [6.45, 7) is -0.0262. The third-order valence-corrected chi connectivity index (χ3v) is 3.20. The van der Waals surface area contributed by atoms with Crippen LogP contribution < -0.4 is 5.32 Å². The quantitative estimate of drug-likeness (QED) is 0.713. The SMILES string of the molecule is Cl.Cl.FCCNc1ccc(-c2ccc3ccccc3n2)cc1. The van der Waals surface area contributed by atoms with Crippen molar-refractivity contribution >= 4 is 41.4 Å². The Morgan fingerprint density at radius 2 is 1.59 bits per heavy atom. The molecule has 0 aliphatic heterocycles. The molecule has 0 unspecified atom stereocenters. The van der Waals surface area contributed by atoms with Crippen molar-refractivity contribution in [2.24, 2.45) is 0 Å². The zero-order valence-corrected chi connectivity index (χ0v) is 13.5. The van der Waals surface area contributed by atoms with Gasteiger partial charge in [-0.15, -0.1) is 24.8 Å². The zero-order chi connectivity index (χ0) is 13.8. The minimum absolute atomic E-state index is 0. The molecule has 1 N–H and O–H groups in total. The number of pyridine rings is 1. The van der Waals surface area contributed by atoms with E-state index in [0.29, 0.717) is 6.54 Å². The lowest BCUT2D eigenvalue weighted by Crippen LogP contribution is -2.02. The predicted octanol–water partition coefficient (Wildman–Crippen LogP) is 5.13. The molecule has 0 aliphatic carbocycles. The summed E-state index contributed by atoms with van der Waals surface area (Å²) in [5.74, 6) is 0. The molecule has 0 aliphatic rings. The van der Waals surface area contributed by atoms with Crippen LogP contribution >= 0.6 is 24.8 Å². The number of para-hydroxylation sites is 1. The van der Waals surface area contributed by atoms with Crippen LogP contribution in [0.1, 0.15) is 0 Å². The standard InChI is InChI=1S/C17H15FN2.2ClH/c18-11-12-19-15-8-5-14(6-9-15)17-10-7-13-3-1-2-4-16(13)20-17;;/h1-10,19H,11-12H2;2*1H. The molecule has 3 rings (SSSR count). The minimum atomic E-state index is -0.367. The largest absolute Gasteiger partial charge is 0.382 e. The minimum Gasteiger partial charge on any atom is -0.382 e. The Balaban J connectivity index is 0.00000121. The number of nitrogens with one attached hydrogen (secondary N) is 1. The first-order chi connectivity index (χ1) is 9.86. The molecule has 1 aromatic heterocycles. The number of hydrogen-bond donors (Lipinski definition) is 1. The fraction of sp³-hybridized carbons (Fsp3) is 0.118. The van der Waals surface area contributed by atoms with Crippen molar-refractivity contribution in [3.63, 3.8) is 0 Å². The number of nitrogens with zero attached hydrogens (tertiary/aromatic N) is 1. The number of halogens is 3. The number of aromatic nitrogens is 1. The van der Waals surface area contributed by atoms with Gasteiger partial charge in [0.2, 0.25) is 0 Å². The third kappa shape index (κ3) is 4.09. The molecule has 0 spiro atoms. The van der Waals surface area contributed by atoms with Crippen LogP contribution in [0.25, 0.3) is 22.2 Å². The van der Waals surface area contributed by atoms with E-state index in [2.05, 4.69) is 22.4 Å². The molecule has 0 radical (unpaired) electrons. The van der Waals surface area contributed by atoms with Crippen LogP contribution in [0.15, 0.2) is 60.7 Å². The number of alkyl halides is 1. The first-order valence-electron chi connectivity index (χ1n) is 6.63. The number of benzene rings is 2. The summed E-state index contributed by atoms with van der Waals surface area (Å²) in [7, 11) is 0. The highest BCUT2D eigenvalue weighted by Gasteiger charge is 2.01. The van der Waals surface area contributed by atoms with E-state index in [1.165, 1.54) is 0 Å². The highest BCUT2D eigenvalue weighted by molar-refractivity contribution is 5.85. The smallest absolute Gasteiger partial charge is 0.107 e. The van der Waals surface area contributed by atoms with Crippen LogP contribution in [0.4, 0.5) is 10.1 Å². The van der Waals surface area contributed by atoms with E-state index in [-0.39, 0.29) is 31.5 Å². The summed E-state index contributed by atoms with van der Waals surface area (Å²) in [6, 6.07) is 20.0. The van der Waals surface area contributed by atoms with Crippen molar-refractivity contribution in [2.75, 3.05) is 18.5 Å². The molecule has 0 saturated carbocycles. The summed E-state index contributed by atoms with van der Waals surface area (Å²) >= 11 is 0. The first-order valence-corrected chi connectivity index (χ1v) is 6.63. The molecule has 0 atom stereocenters. The van der Waals surface area contributed by atoms with E-state index < -0.39 is 0 Å². The zero-order valence-electron chi connectivity index (χ0n) is 11.8. The molecular formula is C17H17Cl2FN2. The maximum Gasteiger partial charge on any atom is 0.107 e. The van der Waals surface area contributed by atoms with Gasteiger partial charge in [0, 0.05) is 23.2 Å². The average molecular weight is 339 g/mol. The Morgan fingerprint density at radius 1 is 0.864 bits per heavy atom. The Morgan fingerprint density at radius 3 is 2.32 bits per heavy atom. The lowest BCUT2D eigenvalue weighted by atomic mass is 10.1. The van der Waals surface area contributed by atoms with Crippen molar-refractivity contribution in [1.29, 1.82) is 0 Å². The average Bonchev–Trinajstić information content (AvgIpc) is 2.53. The molecule has 2 aromatic carbocycles. The van der Waals surface area contributed by atoms with Crippen molar-refractivity contribution in [1.82, 2.24) is 4.98 Å². The molecule has 116 valence electrons. The molecule has 1 heterocycles. The highest BCUT2D eigenvalue weighted by Crippen LogP contribution is 2.22. The van der Waals surface area contributed by atoms with Gasteiger partial charge in [-0.1, -0.05) is 36.4 Å². The molecule has 0 bridgehead atoms. The van der Waals surface area contributed by atoms with Crippen LogP contribution in [0, 0.1) is 0 Å². The molecule has 0 fully saturated rings. The molecular weight excluding hydrogens is 322 g/mol. The second kappa shape index (κ2) is 8.57. The van der Waals surface area contributed by atoms with Crippen LogP contribution in [0.2, 0.25) is 0 Å². The molecule has 0 amide bonds. The van der Waals surface area contributed by atoms with Gasteiger partial charge < -0.3 is 5.32 Å². The van der Waals surface area contributed by atoms with Gasteiger partial charge in [0.15, 0.2) is 0 Å². The van der Waals surface area contributed by atoms with E-state index in [4.69, 9.17) is 0 Å². The van der Waals surface area contributed by atoms with Crippen molar-refractivity contribution in [2.45, 2.75) is 0 Å². The summed E-state index contributed by atoms with van der Waals surface area (Å²) in [4.78, 5) is 4.66. The fourth-order valence-electron chi connectivity index (χ4n) is 2.18. The van der Waals surface area contributed by atoms with Gasteiger partial charge in [-0.3, -0.25) is 0 Å². The Labute approximate surface area is 141 Å². The van der Waals surface area contributed by atoms with Gasteiger partial charge in [0.05, 0.1) is 11.2 Å². The number of anilines is 1. The number of fused-ring (bicyclic) bond motifs is 1. The predicted molar refractivity (Wildman–Crippen MR) is 96.1 cm³/mol. The highest BCUT2D eigenvalue weighted by atomic mass is 35.5. The fourth-order valence-corrected chi connectivity index (χ4v) is 2.18. The van der Waals surface area contributed by atoms with Gasteiger partial charge in [-0.05, 0) is 24.3 Å². The summed E-state index contributed by atoms with van der Waals surface area (Å²) in [6.07, 6.45) is 0. The Bertz CT molecular complexity index is 717. The van der Waals surface area contributed by atoms with Crippen molar-refractivity contribution in [3.8, 4) is 11.3 Å². The lowest BCUT2D eigenvalue weighted by Gasteiger charge is -2.06. The van der Waals surface area contributed by atoms with Gasteiger partial charge in [-0.25, -0.2) is 9.37 Å². The van der Waals surface area contributed by atoms with E-state index >= 15 is 0 Å². The summed E-state index contributed by atoms with van der Waals surface area (Å²) < 4.78 is 12.1. The molecule has 5 heteroatoms. The van der Waals surface area contributed by atoms with Crippen LogP contribution in [0.3, 0.4) is 0 Å². The van der Waals surface area contributed by atoms with Crippen LogP contribution in [-0.4, -0.2) is 18.2 Å². The Kier molecular flexibility index (Phi) is 7.09. The Hall–Kier alpha value is -1.84. The van der Waals surface area contributed by atoms with Gasteiger partial charge in [0.25, 0.3) is 0 Å². The van der Waals surface area contributed by atoms with Crippen LogP contribution in [0.5, 0.6) is 0 Å². The van der Waals surface area contributed by atoms with Crippen molar-refractivity contribution < 1.29 is 4.39 Å². The molecule has 3 aromatic rings. The van der Waals surface area contributed by atoms with E-state index in [1.807, 2.05) is 48.5 Å².